The number of pyridine rings is 2. The molecule has 0 saturated heterocycles. The summed E-state index contributed by atoms with van der Waals surface area (Å²) < 4.78 is 48.8. The first kappa shape index (κ1) is 21.7. The quantitative estimate of drug-likeness (QED) is 0.490. The van der Waals surface area contributed by atoms with Gasteiger partial charge in [-0.05, 0) is 25.1 Å². The van der Waals surface area contributed by atoms with Gasteiger partial charge in [0.25, 0.3) is 0 Å². The smallest absolute Gasteiger partial charge is 0.417 e. The third-order valence-corrected chi connectivity index (χ3v) is 5.52. The zero-order valence-electron chi connectivity index (χ0n) is 18.5. The highest BCUT2D eigenvalue weighted by Crippen LogP contribution is 2.34. The molecular formula is C22H20F3N7O2. The molecule has 0 aliphatic carbocycles. The molecule has 5 heterocycles. The Hall–Kier alpha value is -4.09. The number of amidine groups is 1. The van der Waals surface area contributed by atoms with Gasteiger partial charge in [-0.15, -0.1) is 0 Å². The molecule has 0 spiro atoms. The van der Waals surface area contributed by atoms with Crippen molar-refractivity contribution in [3.05, 3.63) is 65.6 Å². The highest BCUT2D eigenvalue weighted by molar-refractivity contribution is 5.98. The number of alkyl halides is 3. The normalized spacial score (nSPS) is 16.2. The summed E-state index contributed by atoms with van der Waals surface area (Å²) in [5, 5.41) is 7.68. The second-order valence-corrected chi connectivity index (χ2v) is 7.87. The number of aromatic nitrogens is 5. The summed E-state index contributed by atoms with van der Waals surface area (Å²) >= 11 is 0. The van der Waals surface area contributed by atoms with Crippen LogP contribution in [0.4, 0.5) is 13.2 Å². The maximum atomic E-state index is 13.3. The molecule has 4 aromatic heterocycles. The third kappa shape index (κ3) is 3.80. The molecule has 9 nitrogen and oxygen atoms in total. The molecule has 0 aromatic carbocycles. The van der Waals surface area contributed by atoms with E-state index in [-0.39, 0.29) is 6.61 Å². The molecule has 1 unspecified atom stereocenters. The van der Waals surface area contributed by atoms with Crippen LogP contribution in [0.5, 0.6) is 5.88 Å². The molecule has 1 N–H and O–H groups in total. The van der Waals surface area contributed by atoms with E-state index in [2.05, 4.69) is 25.4 Å². The fraction of sp³-hybridized carbons (Fsp3) is 0.273. The average Bonchev–Trinajstić information content (AvgIpc) is 3.41. The van der Waals surface area contributed by atoms with Gasteiger partial charge in [-0.1, -0.05) is 5.16 Å². The van der Waals surface area contributed by atoms with Gasteiger partial charge in [0, 0.05) is 36.6 Å². The van der Waals surface area contributed by atoms with E-state index in [1.807, 2.05) is 19.2 Å². The highest BCUT2D eigenvalue weighted by Gasteiger charge is 2.33. The number of oxime groups is 1. The topological polar surface area (TPSA) is 91.4 Å². The summed E-state index contributed by atoms with van der Waals surface area (Å²) in [6.45, 7) is 2.01. The van der Waals surface area contributed by atoms with Crippen LogP contribution in [0.15, 0.2) is 48.3 Å². The van der Waals surface area contributed by atoms with E-state index in [4.69, 9.17) is 9.57 Å². The summed E-state index contributed by atoms with van der Waals surface area (Å²) in [6.07, 6.45) is 1.59. The number of nitrogens with zero attached hydrogens (tertiary/aromatic N) is 6. The van der Waals surface area contributed by atoms with Gasteiger partial charge in [-0.3, -0.25) is 0 Å². The van der Waals surface area contributed by atoms with Crippen molar-refractivity contribution in [2.24, 2.45) is 12.2 Å². The van der Waals surface area contributed by atoms with Gasteiger partial charge in [0.2, 0.25) is 5.88 Å². The Morgan fingerprint density at radius 1 is 1.21 bits per heavy atom. The number of nitrogens with one attached hydrogen (secondary N) is 1. The molecule has 1 aliphatic heterocycles. The van der Waals surface area contributed by atoms with Gasteiger partial charge in [-0.2, -0.15) is 13.2 Å². The minimum Gasteiger partial charge on any atom is -0.479 e. The van der Waals surface area contributed by atoms with Gasteiger partial charge in [0.05, 0.1) is 30.7 Å². The van der Waals surface area contributed by atoms with Crippen molar-refractivity contribution < 1.29 is 22.7 Å². The standard InChI is InChI=1S/C22H20F3N7O2/c1-12-8-32(11-27-12)18-5-4-16(29-21(18)33-3)19-28-17(10-34-30-19)15-9-31(2)20-14(15)6-13(7-26-20)22(23,24)25/h4-9,11,17H,10H2,1-3H3,(H,28,30). The first-order valence-electron chi connectivity index (χ1n) is 10.3. The van der Waals surface area contributed by atoms with Crippen molar-refractivity contribution in [2.45, 2.75) is 19.1 Å². The number of hydrogen-bond donors (Lipinski definition) is 1. The summed E-state index contributed by atoms with van der Waals surface area (Å²) in [4.78, 5) is 18.2. The predicted molar refractivity (Wildman–Crippen MR) is 117 cm³/mol. The van der Waals surface area contributed by atoms with Crippen LogP contribution in [-0.4, -0.2) is 43.6 Å². The second-order valence-electron chi connectivity index (χ2n) is 7.87. The Morgan fingerprint density at radius 2 is 2.03 bits per heavy atom. The molecule has 0 fully saturated rings. The SMILES string of the molecule is COc1nc(C2=NOCC(c3cn(C)c4ncc(C(F)(F)F)cc34)N2)ccc1-n1cnc(C)c1. The Kier molecular flexibility index (Phi) is 5.14. The number of hydrogen-bond acceptors (Lipinski definition) is 7. The fourth-order valence-corrected chi connectivity index (χ4v) is 3.89. The van der Waals surface area contributed by atoms with Crippen LogP contribution in [0.25, 0.3) is 16.7 Å². The van der Waals surface area contributed by atoms with E-state index in [1.165, 1.54) is 7.11 Å². The Bertz CT molecular complexity index is 1410. The zero-order valence-corrected chi connectivity index (χ0v) is 18.5. The van der Waals surface area contributed by atoms with E-state index < -0.39 is 17.8 Å². The van der Waals surface area contributed by atoms with Crippen LogP contribution >= 0.6 is 0 Å². The summed E-state index contributed by atoms with van der Waals surface area (Å²) in [6, 6.07) is 4.20. The number of rotatable bonds is 4. The molecule has 0 amide bonds. The van der Waals surface area contributed by atoms with Crippen molar-refractivity contribution in [3.63, 3.8) is 0 Å². The molecule has 12 heteroatoms. The zero-order chi connectivity index (χ0) is 24.0. The average molecular weight is 471 g/mol. The number of ether oxygens (including phenoxy) is 1. The van der Waals surface area contributed by atoms with Crippen LogP contribution in [0.1, 0.15) is 28.6 Å². The maximum Gasteiger partial charge on any atom is 0.417 e. The largest absolute Gasteiger partial charge is 0.479 e. The molecule has 0 bridgehead atoms. The molecule has 0 saturated carbocycles. The molecular weight excluding hydrogens is 451 g/mol. The number of imidazole rings is 1. The number of fused-ring (bicyclic) bond motifs is 1. The Balaban J connectivity index is 1.48. The van der Waals surface area contributed by atoms with E-state index in [0.29, 0.717) is 39.7 Å². The van der Waals surface area contributed by atoms with Gasteiger partial charge in [-0.25, -0.2) is 15.0 Å². The predicted octanol–water partition coefficient (Wildman–Crippen LogP) is 3.51. The van der Waals surface area contributed by atoms with Gasteiger partial charge in [0.15, 0.2) is 5.84 Å². The van der Waals surface area contributed by atoms with Gasteiger partial charge >= 0.3 is 6.18 Å². The lowest BCUT2D eigenvalue weighted by Crippen LogP contribution is -2.36. The molecule has 0 radical (unpaired) electrons. The van der Waals surface area contributed by atoms with Crippen molar-refractivity contribution in [2.75, 3.05) is 13.7 Å². The van der Waals surface area contributed by atoms with Crippen LogP contribution < -0.4 is 10.1 Å². The molecule has 5 rings (SSSR count). The van der Waals surface area contributed by atoms with E-state index >= 15 is 0 Å². The third-order valence-electron chi connectivity index (χ3n) is 5.52. The molecule has 1 atom stereocenters. The van der Waals surface area contributed by atoms with Crippen LogP contribution in [0.2, 0.25) is 0 Å². The van der Waals surface area contributed by atoms with E-state index in [0.717, 1.165) is 18.0 Å². The molecule has 4 aromatic rings. The van der Waals surface area contributed by atoms with Gasteiger partial charge < -0.3 is 24.0 Å². The van der Waals surface area contributed by atoms with E-state index in [1.54, 1.807) is 34.8 Å². The van der Waals surface area contributed by atoms with Crippen molar-refractivity contribution in [1.29, 1.82) is 0 Å². The molecule has 34 heavy (non-hydrogen) atoms. The lowest BCUT2D eigenvalue weighted by molar-refractivity contribution is -0.137. The monoisotopic (exact) mass is 471 g/mol. The van der Waals surface area contributed by atoms with Crippen LogP contribution in [0, 0.1) is 6.92 Å². The Morgan fingerprint density at radius 3 is 2.74 bits per heavy atom. The summed E-state index contributed by atoms with van der Waals surface area (Å²) in [5.74, 6) is 0.686. The Labute approximate surface area is 191 Å². The number of halogens is 3. The lowest BCUT2D eigenvalue weighted by atomic mass is 10.1. The van der Waals surface area contributed by atoms with E-state index in [9.17, 15) is 13.2 Å². The number of methoxy groups -OCH3 is 1. The number of aryl methyl sites for hydroxylation is 2. The first-order valence-corrected chi connectivity index (χ1v) is 10.3. The minimum atomic E-state index is -4.49. The molecule has 176 valence electrons. The van der Waals surface area contributed by atoms with Crippen molar-refractivity contribution in [1.82, 2.24) is 29.4 Å². The second kappa shape index (κ2) is 8.04. The summed E-state index contributed by atoms with van der Waals surface area (Å²) in [5.41, 5.74) is 2.24. The highest BCUT2D eigenvalue weighted by atomic mass is 19.4. The maximum absolute atomic E-state index is 13.3. The van der Waals surface area contributed by atoms with Crippen LogP contribution in [-0.2, 0) is 18.1 Å². The van der Waals surface area contributed by atoms with Crippen molar-refractivity contribution >= 4 is 16.9 Å². The van der Waals surface area contributed by atoms with Crippen LogP contribution in [0.3, 0.4) is 0 Å². The van der Waals surface area contributed by atoms with Crippen molar-refractivity contribution in [3.8, 4) is 11.6 Å². The lowest BCUT2D eigenvalue weighted by Gasteiger charge is -2.24. The summed E-state index contributed by atoms with van der Waals surface area (Å²) in [7, 11) is 3.24. The molecule has 1 aliphatic rings. The minimum absolute atomic E-state index is 0.127. The first-order chi connectivity index (χ1) is 16.2. The van der Waals surface area contributed by atoms with Gasteiger partial charge in [0.1, 0.15) is 23.6 Å². The fourth-order valence-electron chi connectivity index (χ4n) is 3.89.